The monoisotopic (exact) mass is 417 g/mol. The smallest absolute Gasteiger partial charge is 0.407 e. The molecular formula is C21H31N3O4Si. The van der Waals surface area contributed by atoms with Gasteiger partial charge in [-0.25, -0.2) is 14.8 Å². The van der Waals surface area contributed by atoms with Crippen molar-refractivity contribution in [3.63, 3.8) is 0 Å². The van der Waals surface area contributed by atoms with Crippen molar-refractivity contribution in [1.29, 1.82) is 0 Å². The molecule has 0 bridgehead atoms. The van der Waals surface area contributed by atoms with Crippen molar-refractivity contribution >= 4 is 14.4 Å². The molecule has 1 aromatic heterocycles. The summed E-state index contributed by atoms with van der Waals surface area (Å²) in [7, 11) is -0.694. The van der Waals surface area contributed by atoms with Crippen LogP contribution in [0.3, 0.4) is 0 Å². The van der Waals surface area contributed by atoms with Crippen LogP contribution in [0.25, 0.3) is 0 Å². The van der Waals surface area contributed by atoms with Gasteiger partial charge in [0.1, 0.15) is 18.2 Å². The molecule has 158 valence electrons. The lowest BCUT2D eigenvalue weighted by Crippen LogP contribution is -2.50. The molecule has 0 saturated heterocycles. The topological polar surface area (TPSA) is 84.8 Å². The van der Waals surface area contributed by atoms with Gasteiger partial charge in [0.2, 0.25) is 0 Å². The number of para-hydroxylation sites is 1. The van der Waals surface area contributed by atoms with Crippen LogP contribution < -0.4 is 4.74 Å². The third-order valence-corrected chi connectivity index (χ3v) is 9.78. The van der Waals surface area contributed by atoms with E-state index in [0.29, 0.717) is 11.4 Å². The number of benzene rings is 1. The van der Waals surface area contributed by atoms with Crippen molar-refractivity contribution in [1.82, 2.24) is 14.9 Å². The van der Waals surface area contributed by atoms with Crippen LogP contribution in [0.5, 0.6) is 5.75 Å². The van der Waals surface area contributed by atoms with Crippen LogP contribution in [-0.4, -0.2) is 54.1 Å². The molecule has 0 spiro atoms. The highest BCUT2D eigenvalue weighted by molar-refractivity contribution is 6.74. The van der Waals surface area contributed by atoms with Gasteiger partial charge in [0, 0.05) is 13.2 Å². The van der Waals surface area contributed by atoms with Gasteiger partial charge in [-0.2, -0.15) is 0 Å². The Labute approximate surface area is 173 Å². The number of carboxylic acid groups (broad SMARTS) is 1. The molecule has 1 amide bonds. The van der Waals surface area contributed by atoms with Gasteiger partial charge in [0.05, 0.1) is 12.2 Å². The molecule has 1 heterocycles. The normalized spacial score (nSPS) is 14.1. The standard InChI is InChI=1S/C21H31N3O4Si/c1-21(2,3)29(5,6)28-18(14-24(4)20(25)26)19(17-12-13-22-15-23-17)27-16-10-8-7-9-11-16/h7-13,15,18-19H,14H2,1-6H3,(H,25,26). The van der Waals surface area contributed by atoms with Gasteiger partial charge in [0.25, 0.3) is 0 Å². The van der Waals surface area contributed by atoms with Crippen molar-refractivity contribution in [2.24, 2.45) is 0 Å². The van der Waals surface area contributed by atoms with E-state index in [9.17, 15) is 9.90 Å². The maximum atomic E-state index is 11.5. The molecule has 0 fully saturated rings. The van der Waals surface area contributed by atoms with E-state index in [0.717, 1.165) is 0 Å². The van der Waals surface area contributed by atoms with E-state index in [-0.39, 0.29) is 11.6 Å². The second-order valence-corrected chi connectivity index (χ2v) is 13.3. The molecule has 1 aromatic carbocycles. The molecule has 0 radical (unpaired) electrons. The third-order valence-electron chi connectivity index (χ3n) is 5.27. The molecule has 0 saturated carbocycles. The molecule has 0 aliphatic rings. The molecule has 7 nitrogen and oxygen atoms in total. The van der Waals surface area contributed by atoms with E-state index >= 15 is 0 Å². The molecule has 2 unspecified atom stereocenters. The van der Waals surface area contributed by atoms with Gasteiger partial charge in [-0.3, -0.25) is 0 Å². The Morgan fingerprint density at radius 3 is 2.38 bits per heavy atom. The van der Waals surface area contributed by atoms with Crippen molar-refractivity contribution in [2.75, 3.05) is 13.6 Å². The quantitative estimate of drug-likeness (QED) is 0.632. The lowest BCUT2D eigenvalue weighted by Gasteiger charge is -2.41. The Bertz CT molecular complexity index is 782. The van der Waals surface area contributed by atoms with Crippen LogP contribution in [0.2, 0.25) is 18.1 Å². The average Bonchev–Trinajstić information content (AvgIpc) is 2.66. The van der Waals surface area contributed by atoms with Crippen LogP contribution in [0.1, 0.15) is 32.6 Å². The highest BCUT2D eigenvalue weighted by Crippen LogP contribution is 2.39. The Kier molecular flexibility index (Phi) is 7.37. The van der Waals surface area contributed by atoms with Gasteiger partial charge in [-0.15, -0.1) is 0 Å². The van der Waals surface area contributed by atoms with Crippen molar-refractivity contribution < 1.29 is 19.1 Å². The highest BCUT2D eigenvalue weighted by Gasteiger charge is 2.42. The number of hydrogen-bond donors (Lipinski definition) is 1. The van der Waals surface area contributed by atoms with Crippen LogP contribution in [0.4, 0.5) is 4.79 Å². The van der Waals surface area contributed by atoms with E-state index in [1.165, 1.54) is 18.3 Å². The molecular weight excluding hydrogens is 386 g/mol. The Morgan fingerprint density at radius 2 is 1.86 bits per heavy atom. The summed E-state index contributed by atoms with van der Waals surface area (Å²) in [6.07, 6.45) is 0.966. The van der Waals surface area contributed by atoms with Gasteiger partial charge in [0.15, 0.2) is 14.4 Å². The first-order valence-corrected chi connectivity index (χ1v) is 12.5. The molecule has 2 aromatic rings. The van der Waals surface area contributed by atoms with Gasteiger partial charge < -0.3 is 19.2 Å². The summed E-state index contributed by atoms with van der Waals surface area (Å²) >= 11 is 0. The minimum absolute atomic E-state index is 0.0456. The summed E-state index contributed by atoms with van der Waals surface area (Å²) in [6.45, 7) is 10.9. The van der Waals surface area contributed by atoms with E-state index < -0.39 is 26.6 Å². The predicted molar refractivity (Wildman–Crippen MR) is 115 cm³/mol. The van der Waals surface area contributed by atoms with Crippen molar-refractivity contribution in [3.8, 4) is 5.75 Å². The number of carbonyl (C=O) groups is 1. The van der Waals surface area contributed by atoms with Crippen molar-refractivity contribution in [2.45, 2.75) is 51.1 Å². The molecule has 2 rings (SSSR count). The van der Waals surface area contributed by atoms with Gasteiger partial charge in [-0.1, -0.05) is 39.0 Å². The largest absolute Gasteiger partial charge is 0.481 e. The first-order chi connectivity index (χ1) is 13.5. The molecule has 0 aliphatic carbocycles. The zero-order valence-electron chi connectivity index (χ0n) is 18.0. The summed E-state index contributed by atoms with van der Waals surface area (Å²) in [5.41, 5.74) is 0.645. The lowest BCUT2D eigenvalue weighted by molar-refractivity contribution is 0.0223. The molecule has 1 N–H and O–H groups in total. The molecule has 2 atom stereocenters. The van der Waals surface area contributed by atoms with Crippen LogP contribution >= 0.6 is 0 Å². The summed E-state index contributed by atoms with van der Waals surface area (Å²) in [6, 6.07) is 11.2. The number of aromatic nitrogens is 2. The minimum atomic E-state index is -2.23. The summed E-state index contributed by atoms with van der Waals surface area (Å²) in [5.74, 6) is 0.665. The fraction of sp³-hybridized carbons (Fsp3) is 0.476. The fourth-order valence-electron chi connectivity index (χ4n) is 2.54. The Balaban J connectivity index is 2.45. The summed E-state index contributed by atoms with van der Waals surface area (Å²) < 4.78 is 12.9. The average molecular weight is 418 g/mol. The van der Waals surface area contributed by atoms with E-state index in [4.69, 9.17) is 9.16 Å². The number of ether oxygens (including phenoxy) is 1. The molecule has 29 heavy (non-hydrogen) atoms. The fourth-order valence-corrected chi connectivity index (χ4v) is 3.85. The third kappa shape index (κ3) is 6.27. The first-order valence-electron chi connectivity index (χ1n) is 9.61. The maximum Gasteiger partial charge on any atom is 0.407 e. The first kappa shape index (κ1) is 22.8. The van der Waals surface area contributed by atoms with Crippen LogP contribution in [0, 0.1) is 0 Å². The van der Waals surface area contributed by atoms with Gasteiger partial charge >= 0.3 is 6.09 Å². The predicted octanol–water partition coefficient (Wildman–Crippen LogP) is 4.60. The molecule has 8 heteroatoms. The number of hydrogen-bond acceptors (Lipinski definition) is 5. The number of rotatable bonds is 8. The second-order valence-electron chi connectivity index (χ2n) is 8.57. The van der Waals surface area contributed by atoms with Crippen molar-refractivity contribution in [3.05, 3.63) is 54.6 Å². The minimum Gasteiger partial charge on any atom is -0.481 e. The van der Waals surface area contributed by atoms with E-state index in [2.05, 4.69) is 43.8 Å². The second kappa shape index (κ2) is 9.36. The van der Waals surface area contributed by atoms with Crippen LogP contribution in [-0.2, 0) is 4.43 Å². The lowest BCUT2D eigenvalue weighted by atomic mass is 10.1. The number of amides is 1. The number of likely N-dealkylation sites (N-methyl/N-ethyl adjacent to an activating group) is 1. The Hall–Kier alpha value is -2.45. The van der Waals surface area contributed by atoms with Gasteiger partial charge in [-0.05, 0) is 36.3 Å². The van der Waals surface area contributed by atoms with E-state index in [1.54, 1.807) is 12.3 Å². The molecule has 0 aliphatic heterocycles. The maximum absolute atomic E-state index is 11.5. The zero-order chi connectivity index (χ0) is 21.7. The zero-order valence-corrected chi connectivity index (χ0v) is 19.0. The SMILES string of the molecule is CN(CC(O[Si](C)(C)C(C)(C)C)C(Oc1ccccc1)c1ccncn1)C(=O)O. The number of nitrogens with zero attached hydrogens (tertiary/aromatic N) is 3. The van der Waals surface area contributed by atoms with Crippen LogP contribution in [0.15, 0.2) is 48.9 Å². The summed E-state index contributed by atoms with van der Waals surface area (Å²) in [5, 5.41) is 9.40. The summed E-state index contributed by atoms with van der Waals surface area (Å²) in [4.78, 5) is 21.1. The van der Waals surface area contributed by atoms with E-state index in [1.807, 2.05) is 30.3 Å². The highest BCUT2D eigenvalue weighted by atomic mass is 28.4. The Morgan fingerprint density at radius 1 is 1.21 bits per heavy atom.